The summed E-state index contributed by atoms with van der Waals surface area (Å²) in [6, 6.07) is 7.91. The number of rotatable bonds is 1. The van der Waals surface area contributed by atoms with Gasteiger partial charge < -0.3 is 8.83 Å². The number of aromatic nitrogens is 1. The van der Waals surface area contributed by atoms with Gasteiger partial charge >= 0.3 is 0 Å². The lowest BCUT2D eigenvalue weighted by Crippen LogP contribution is -1.72. The van der Waals surface area contributed by atoms with Crippen molar-refractivity contribution in [3.8, 4) is 11.5 Å². The predicted molar refractivity (Wildman–Crippen MR) is 50.5 cm³/mol. The van der Waals surface area contributed by atoms with Gasteiger partial charge in [-0.05, 0) is 0 Å². The van der Waals surface area contributed by atoms with Crippen LogP contribution in [-0.4, -0.2) is 4.98 Å². The Morgan fingerprint density at radius 1 is 1.14 bits per heavy atom. The third-order valence-corrected chi connectivity index (χ3v) is 2.13. The molecule has 3 rings (SSSR count). The van der Waals surface area contributed by atoms with E-state index in [1.807, 2.05) is 24.3 Å². The average Bonchev–Trinajstić information content (AvgIpc) is 2.85. The molecule has 1 radical (unpaired) electrons. The standard InChI is InChI=1S/C11H6NO2/c1-2-4-9-8(3-1)5-14-11(9)10-6-13-7-12-10/h1-6H. The molecule has 1 aromatic carbocycles. The van der Waals surface area contributed by atoms with Crippen molar-refractivity contribution in [2.45, 2.75) is 0 Å². The molecule has 0 amide bonds. The first kappa shape index (κ1) is 7.38. The van der Waals surface area contributed by atoms with Gasteiger partial charge in [-0.3, -0.25) is 0 Å². The Morgan fingerprint density at radius 3 is 2.93 bits per heavy atom. The second-order valence-electron chi connectivity index (χ2n) is 2.98. The minimum Gasteiger partial charge on any atom is -0.461 e. The van der Waals surface area contributed by atoms with Gasteiger partial charge in [-0.25, -0.2) is 4.98 Å². The molecule has 0 aliphatic carbocycles. The van der Waals surface area contributed by atoms with Crippen molar-refractivity contribution < 1.29 is 8.83 Å². The molecule has 0 aliphatic heterocycles. The summed E-state index contributed by atoms with van der Waals surface area (Å²) in [7, 11) is 0. The Kier molecular flexibility index (Phi) is 1.44. The number of furan rings is 1. The summed E-state index contributed by atoms with van der Waals surface area (Å²) in [6.07, 6.45) is 5.62. The van der Waals surface area contributed by atoms with Crippen molar-refractivity contribution in [1.29, 1.82) is 0 Å². The molecule has 0 spiro atoms. The van der Waals surface area contributed by atoms with Gasteiger partial charge in [-0.15, -0.1) is 0 Å². The minimum absolute atomic E-state index is 0.672. The fraction of sp³-hybridized carbons (Fsp3) is 0. The van der Waals surface area contributed by atoms with Crippen molar-refractivity contribution in [1.82, 2.24) is 4.98 Å². The quantitative estimate of drug-likeness (QED) is 0.583. The smallest absolute Gasteiger partial charge is 0.284 e. The highest BCUT2D eigenvalue weighted by Gasteiger charge is 2.09. The van der Waals surface area contributed by atoms with Crippen LogP contribution in [0, 0.1) is 6.39 Å². The van der Waals surface area contributed by atoms with Crippen LogP contribution in [0.2, 0.25) is 0 Å². The van der Waals surface area contributed by atoms with Crippen LogP contribution in [0.15, 0.2) is 45.6 Å². The number of fused-ring (bicyclic) bond motifs is 1. The number of nitrogens with zero attached hydrogens (tertiary/aromatic N) is 1. The van der Waals surface area contributed by atoms with Crippen LogP contribution in [0.4, 0.5) is 0 Å². The summed E-state index contributed by atoms with van der Waals surface area (Å²) in [5.41, 5.74) is 0.672. The lowest BCUT2D eigenvalue weighted by atomic mass is 10.1. The molecular formula is C11H6NO2. The van der Waals surface area contributed by atoms with Crippen LogP contribution < -0.4 is 0 Å². The van der Waals surface area contributed by atoms with E-state index in [-0.39, 0.29) is 0 Å². The van der Waals surface area contributed by atoms with Crippen molar-refractivity contribution in [2.24, 2.45) is 0 Å². The molecule has 3 heteroatoms. The Bertz CT molecular complexity index is 551. The largest absolute Gasteiger partial charge is 0.461 e. The lowest BCUT2D eigenvalue weighted by Gasteiger charge is -1.89. The van der Waals surface area contributed by atoms with Gasteiger partial charge in [0.1, 0.15) is 12.0 Å². The summed E-state index contributed by atoms with van der Waals surface area (Å²) in [5, 5.41) is 2.10. The van der Waals surface area contributed by atoms with Crippen LogP contribution in [0.25, 0.3) is 22.2 Å². The molecule has 0 saturated heterocycles. The highest BCUT2D eigenvalue weighted by molar-refractivity contribution is 5.92. The molecule has 2 heterocycles. The predicted octanol–water partition coefficient (Wildman–Crippen LogP) is 2.89. The zero-order chi connectivity index (χ0) is 9.38. The van der Waals surface area contributed by atoms with E-state index in [2.05, 4.69) is 11.4 Å². The van der Waals surface area contributed by atoms with Crippen LogP contribution in [0.1, 0.15) is 0 Å². The van der Waals surface area contributed by atoms with Gasteiger partial charge in [-0.1, -0.05) is 24.3 Å². The van der Waals surface area contributed by atoms with Crippen LogP contribution in [-0.2, 0) is 0 Å². The van der Waals surface area contributed by atoms with E-state index in [1.165, 1.54) is 6.26 Å². The van der Waals surface area contributed by atoms with Gasteiger partial charge in [0, 0.05) is 10.8 Å². The van der Waals surface area contributed by atoms with Crippen molar-refractivity contribution in [3.63, 3.8) is 0 Å². The number of benzene rings is 1. The molecule has 0 bridgehead atoms. The lowest BCUT2D eigenvalue weighted by molar-refractivity contribution is 0.546. The zero-order valence-corrected chi connectivity index (χ0v) is 7.23. The van der Waals surface area contributed by atoms with Gasteiger partial charge in [-0.2, -0.15) is 0 Å². The number of hydrogen-bond donors (Lipinski definition) is 0. The third kappa shape index (κ3) is 0.956. The number of oxazole rings is 1. The topological polar surface area (TPSA) is 39.2 Å². The highest BCUT2D eigenvalue weighted by Crippen LogP contribution is 2.28. The fourth-order valence-corrected chi connectivity index (χ4v) is 1.48. The number of hydrogen-bond acceptors (Lipinski definition) is 3. The fourth-order valence-electron chi connectivity index (χ4n) is 1.48. The maximum atomic E-state index is 5.42. The average molecular weight is 184 g/mol. The zero-order valence-electron chi connectivity index (χ0n) is 7.23. The molecule has 0 atom stereocenters. The van der Waals surface area contributed by atoms with Crippen molar-refractivity contribution in [2.75, 3.05) is 0 Å². The van der Waals surface area contributed by atoms with E-state index in [4.69, 9.17) is 8.83 Å². The SMILES string of the molecule is [c]1nc(-c2occ3ccccc23)co1. The molecule has 67 valence electrons. The van der Waals surface area contributed by atoms with E-state index < -0.39 is 0 Å². The summed E-state index contributed by atoms with van der Waals surface area (Å²) in [5.74, 6) is 0.727. The van der Waals surface area contributed by atoms with Crippen molar-refractivity contribution >= 4 is 10.8 Å². The first-order valence-electron chi connectivity index (χ1n) is 4.23. The highest BCUT2D eigenvalue weighted by atomic mass is 16.3. The summed E-state index contributed by atoms with van der Waals surface area (Å²) in [4.78, 5) is 3.92. The van der Waals surface area contributed by atoms with E-state index in [0.717, 1.165) is 16.5 Å². The summed E-state index contributed by atoms with van der Waals surface area (Å²) in [6.45, 7) is 0. The van der Waals surface area contributed by atoms with Crippen LogP contribution >= 0.6 is 0 Å². The van der Waals surface area contributed by atoms with Gasteiger partial charge in [0.2, 0.25) is 0 Å². The first-order chi connectivity index (χ1) is 6.95. The maximum Gasteiger partial charge on any atom is 0.284 e. The van der Waals surface area contributed by atoms with Gasteiger partial charge in [0.25, 0.3) is 6.39 Å². The molecule has 3 aromatic rings. The third-order valence-electron chi connectivity index (χ3n) is 2.13. The van der Waals surface area contributed by atoms with Gasteiger partial charge in [0.05, 0.1) is 6.26 Å². The van der Waals surface area contributed by atoms with E-state index in [0.29, 0.717) is 5.69 Å². The minimum atomic E-state index is 0.672. The monoisotopic (exact) mass is 184 g/mol. The Hall–Kier alpha value is -2.03. The molecule has 0 saturated carbocycles. The molecule has 3 nitrogen and oxygen atoms in total. The molecule has 0 fully saturated rings. The van der Waals surface area contributed by atoms with Gasteiger partial charge in [0.15, 0.2) is 5.76 Å². The first-order valence-corrected chi connectivity index (χ1v) is 4.23. The Morgan fingerprint density at radius 2 is 2.07 bits per heavy atom. The van der Waals surface area contributed by atoms with Crippen LogP contribution in [0.3, 0.4) is 0 Å². The second kappa shape index (κ2) is 2.73. The van der Waals surface area contributed by atoms with E-state index in [9.17, 15) is 0 Å². The normalized spacial score (nSPS) is 10.9. The molecule has 0 N–H and O–H groups in total. The van der Waals surface area contributed by atoms with E-state index in [1.54, 1.807) is 6.26 Å². The molecule has 0 aliphatic rings. The Labute approximate surface area is 80.0 Å². The van der Waals surface area contributed by atoms with Crippen LogP contribution in [0.5, 0.6) is 0 Å². The van der Waals surface area contributed by atoms with E-state index >= 15 is 0 Å². The molecule has 0 unspecified atom stereocenters. The second-order valence-corrected chi connectivity index (χ2v) is 2.98. The summed E-state index contributed by atoms with van der Waals surface area (Å²) < 4.78 is 10.2. The van der Waals surface area contributed by atoms with Crippen molar-refractivity contribution in [3.05, 3.63) is 43.2 Å². The molecule has 14 heavy (non-hydrogen) atoms. The Balaban J connectivity index is 2.33. The molecule has 2 aromatic heterocycles. The molecular weight excluding hydrogens is 178 g/mol. The maximum absolute atomic E-state index is 5.42. The summed E-state index contributed by atoms with van der Waals surface area (Å²) >= 11 is 0.